The number of sulfonamides is 1. The molecule has 0 atom stereocenters. The molecule has 0 aliphatic rings. The Balaban J connectivity index is 1.31. The van der Waals surface area contributed by atoms with Crippen molar-refractivity contribution in [2.24, 2.45) is 5.10 Å². The fourth-order valence-electron chi connectivity index (χ4n) is 3.65. The summed E-state index contributed by atoms with van der Waals surface area (Å²) in [6.45, 7) is -0.537. The molecule has 0 aliphatic carbocycles. The minimum Gasteiger partial charge on any atom is -0.484 e. The van der Waals surface area contributed by atoms with Gasteiger partial charge in [-0.2, -0.15) is 9.41 Å². The van der Waals surface area contributed by atoms with Gasteiger partial charge in [0.15, 0.2) is 6.61 Å². The number of hydrogen-bond donors (Lipinski definition) is 2. The SMILES string of the molecule is O=C(CN(Cc1ccccc1)S(=O)(=O)c1ccccc1)N/N=C/c1ccc(OCC(=O)Nc2ccccc2)cc1. The Morgan fingerprint density at radius 2 is 1.38 bits per heavy atom. The van der Waals surface area contributed by atoms with E-state index in [4.69, 9.17) is 4.74 Å². The summed E-state index contributed by atoms with van der Waals surface area (Å²) in [6.07, 6.45) is 1.43. The highest BCUT2D eigenvalue weighted by Gasteiger charge is 2.26. The summed E-state index contributed by atoms with van der Waals surface area (Å²) in [5.41, 5.74) is 4.49. The van der Waals surface area contributed by atoms with Crippen LogP contribution in [0.1, 0.15) is 11.1 Å². The van der Waals surface area contributed by atoms with Crippen LogP contribution in [0.25, 0.3) is 0 Å². The van der Waals surface area contributed by atoms with Crippen LogP contribution in [0.15, 0.2) is 125 Å². The second-order valence-corrected chi connectivity index (χ2v) is 10.6. The summed E-state index contributed by atoms with van der Waals surface area (Å²) in [7, 11) is -3.93. The third kappa shape index (κ3) is 8.35. The molecule has 4 rings (SSSR count). The molecular weight excluding hydrogens is 528 g/mol. The average Bonchev–Trinajstić information content (AvgIpc) is 2.98. The lowest BCUT2D eigenvalue weighted by Gasteiger charge is -2.21. The van der Waals surface area contributed by atoms with Crippen molar-refractivity contribution in [2.75, 3.05) is 18.5 Å². The Morgan fingerprint density at radius 1 is 0.775 bits per heavy atom. The van der Waals surface area contributed by atoms with E-state index in [-0.39, 0.29) is 24.0 Å². The zero-order chi connectivity index (χ0) is 28.2. The number of carbonyl (C=O) groups is 2. The van der Waals surface area contributed by atoms with Gasteiger partial charge in [0.2, 0.25) is 10.0 Å². The van der Waals surface area contributed by atoms with E-state index in [0.29, 0.717) is 17.0 Å². The molecule has 9 nitrogen and oxygen atoms in total. The molecule has 0 bridgehead atoms. The minimum atomic E-state index is -3.93. The van der Waals surface area contributed by atoms with Crippen LogP contribution in [-0.4, -0.2) is 43.9 Å². The third-order valence-corrected chi connectivity index (χ3v) is 7.42. The van der Waals surface area contributed by atoms with Gasteiger partial charge in [0.25, 0.3) is 11.8 Å². The highest BCUT2D eigenvalue weighted by atomic mass is 32.2. The van der Waals surface area contributed by atoms with E-state index in [1.165, 1.54) is 18.3 Å². The summed E-state index contributed by atoms with van der Waals surface area (Å²) >= 11 is 0. The van der Waals surface area contributed by atoms with Crippen molar-refractivity contribution >= 4 is 33.7 Å². The van der Waals surface area contributed by atoms with E-state index < -0.39 is 22.5 Å². The molecular formula is C30H28N4O5S. The standard InChI is InChI=1S/C30H28N4O5S/c35-29(22-34(21-25-10-4-1-5-11-25)40(37,38)28-14-8-3-9-15-28)33-31-20-24-16-18-27(19-17-24)39-23-30(36)32-26-12-6-2-7-13-26/h1-20H,21-23H2,(H,32,36)(H,33,35)/b31-20+. The molecule has 40 heavy (non-hydrogen) atoms. The summed E-state index contributed by atoms with van der Waals surface area (Å²) in [6, 6.07) is 32.9. The second-order valence-electron chi connectivity index (χ2n) is 8.64. The van der Waals surface area contributed by atoms with Gasteiger partial charge >= 0.3 is 0 Å². The predicted molar refractivity (Wildman–Crippen MR) is 153 cm³/mol. The van der Waals surface area contributed by atoms with E-state index in [1.54, 1.807) is 66.7 Å². The Hall–Kier alpha value is -4.80. The number of hydrogen-bond acceptors (Lipinski definition) is 6. The van der Waals surface area contributed by atoms with E-state index in [2.05, 4.69) is 15.8 Å². The van der Waals surface area contributed by atoms with Crippen molar-refractivity contribution in [1.82, 2.24) is 9.73 Å². The normalized spacial score (nSPS) is 11.3. The van der Waals surface area contributed by atoms with Crippen molar-refractivity contribution in [2.45, 2.75) is 11.4 Å². The van der Waals surface area contributed by atoms with Crippen molar-refractivity contribution in [3.05, 3.63) is 126 Å². The third-order valence-electron chi connectivity index (χ3n) is 5.61. The topological polar surface area (TPSA) is 117 Å². The number of anilines is 1. The summed E-state index contributed by atoms with van der Waals surface area (Å²) in [5.74, 6) is -0.377. The molecule has 10 heteroatoms. The largest absolute Gasteiger partial charge is 0.484 e. The molecule has 2 N–H and O–H groups in total. The Labute approximate surface area is 233 Å². The number of rotatable bonds is 12. The highest BCUT2D eigenvalue weighted by molar-refractivity contribution is 7.89. The lowest BCUT2D eigenvalue weighted by atomic mass is 10.2. The maximum absolute atomic E-state index is 13.3. The van der Waals surface area contributed by atoms with Crippen LogP contribution in [-0.2, 0) is 26.2 Å². The van der Waals surface area contributed by atoms with Gasteiger partial charge in [-0.25, -0.2) is 13.8 Å². The molecule has 4 aromatic carbocycles. The van der Waals surface area contributed by atoms with Crippen LogP contribution < -0.4 is 15.5 Å². The summed E-state index contributed by atoms with van der Waals surface area (Å²) in [4.78, 5) is 24.8. The van der Waals surface area contributed by atoms with Crippen LogP contribution in [0.5, 0.6) is 5.75 Å². The van der Waals surface area contributed by atoms with Gasteiger partial charge in [0, 0.05) is 12.2 Å². The predicted octanol–water partition coefficient (Wildman–Crippen LogP) is 4.05. The number of ether oxygens (including phenoxy) is 1. The van der Waals surface area contributed by atoms with Gasteiger partial charge in [-0.1, -0.05) is 66.7 Å². The number of nitrogens with one attached hydrogen (secondary N) is 2. The fourth-order valence-corrected chi connectivity index (χ4v) is 5.05. The number of benzene rings is 4. The first-order valence-electron chi connectivity index (χ1n) is 12.4. The first-order chi connectivity index (χ1) is 19.4. The Morgan fingerprint density at radius 3 is 2.02 bits per heavy atom. The van der Waals surface area contributed by atoms with Crippen LogP contribution in [0.4, 0.5) is 5.69 Å². The van der Waals surface area contributed by atoms with Gasteiger partial charge in [-0.15, -0.1) is 0 Å². The van der Waals surface area contributed by atoms with Crippen molar-refractivity contribution in [3.63, 3.8) is 0 Å². The first-order valence-corrected chi connectivity index (χ1v) is 13.8. The Bertz CT molecular complexity index is 1530. The molecule has 0 saturated heterocycles. The molecule has 204 valence electrons. The van der Waals surface area contributed by atoms with Gasteiger partial charge in [-0.05, 0) is 59.7 Å². The molecule has 0 aliphatic heterocycles. The molecule has 0 radical (unpaired) electrons. The Kier molecular flexibility index (Phi) is 9.76. The number of para-hydroxylation sites is 1. The van der Waals surface area contributed by atoms with Crippen LogP contribution in [0.2, 0.25) is 0 Å². The molecule has 0 spiro atoms. The van der Waals surface area contributed by atoms with Gasteiger partial charge in [0.1, 0.15) is 5.75 Å². The number of carbonyl (C=O) groups excluding carboxylic acids is 2. The first kappa shape index (κ1) is 28.2. The molecule has 4 aromatic rings. The van der Waals surface area contributed by atoms with Gasteiger partial charge < -0.3 is 10.1 Å². The van der Waals surface area contributed by atoms with E-state index in [0.717, 1.165) is 9.87 Å². The fraction of sp³-hybridized carbons (Fsp3) is 0.100. The van der Waals surface area contributed by atoms with Crippen LogP contribution in [0.3, 0.4) is 0 Å². The number of nitrogens with zero attached hydrogens (tertiary/aromatic N) is 2. The maximum atomic E-state index is 13.3. The summed E-state index contributed by atoms with van der Waals surface area (Å²) in [5, 5.41) is 6.70. The average molecular weight is 557 g/mol. The highest BCUT2D eigenvalue weighted by Crippen LogP contribution is 2.18. The lowest BCUT2D eigenvalue weighted by Crippen LogP contribution is -2.39. The van der Waals surface area contributed by atoms with Gasteiger partial charge in [-0.3, -0.25) is 9.59 Å². The van der Waals surface area contributed by atoms with E-state index in [1.807, 2.05) is 36.4 Å². The molecule has 0 unspecified atom stereocenters. The van der Waals surface area contributed by atoms with E-state index in [9.17, 15) is 18.0 Å². The van der Waals surface area contributed by atoms with Crippen molar-refractivity contribution in [1.29, 1.82) is 0 Å². The smallest absolute Gasteiger partial charge is 0.262 e. The number of hydrazone groups is 1. The number of amides is 2. The van der Waals surface area contributed by atoms with Crippen molar-refractivity contribution < 1.29 is 22.7 Å². The molecule has 0 aromatic heterocycles. The zero-order valence-corrected chi connectivity index (χ0v) is 22.3. The maximum Gasteiger partial charge on any atom is 0.262 e. The lowest BCUT2D eigenvalue weighted by molar-refractivity contribution is -0.121. The van der Waals surface area contributed by atoms with Crippen molar-refractivity contribution in [3.8, 4) is 5.75 Å². The quantitative estimate of drug-likeness (QED) is 0.202. The minimum absolute atomic E-state index is 0.0278. The monoisotopic (exact) mass is 556 g/mol. The van der Waals surface area contributed by atoms with Crippen LogP contribution in [0, 0.1) is 0 Å². The van der Waals surface area contributed by atoms with Crippen LogP contribution >= 0.6 is 0 Å². The second kappa shape index (κ2) is 13.8. The molecule has 2 amide bonds. The van der Waals surface area contributed by atoms with E-state index >= 15 is 0 Å². The van der Waals surface area contributed by atoms with Gasteiger partial charge in [0.05, 0.1) is 17.7 Å². The zero-order valence-electron chi connectivity index (χ0n) is 21.5. The molecule has 0 fully saturated rings. The summed E-state index contributed by atoms with van der Waals surface area (Å²) < 4.78 is 33.1. The molecule has 0 heterocycles. The molecule has 0 saturated carbocycles.